The number of carbonyl (C=O) groups is 1. The van der Waals surface area contributed by atoms with Crippen LogP contribution in [-0.2, 0) is 4.79 Å². The average Bonchev–Trinajstić information content (AvgIpc) is 2.38. The Balaban J connectivity index is 2.77. The maximum atomic E-state index is 11.3. The van der Waals surface area contributed by atoms with Crippen LogP contribution in [0.15, 0.2) is 18.2 Å². The molecule has 0 bridgehead atoms. The first kappa shape index (κ1) is 16.9. The molecule has 1 unspecified atom stereocenters. The molecule has 0 aliphatic heterocycles. The van der Waals surface area contributed by atoms with Crippen molar-refractivity contribution in [2.45, 2.75) is 32.7 Å². The molecule has 0 saturated heterocycles. The van der Waals surface area contributed by atoms with Gasteiger partial charge in [-0.15, -0.1) is 0 Å². The van der Waals surface area contributed by atoms with E-state index in [1.54, 1.807) is 26.0 Å². The SMILES string of the molecule is CCNC(C)(CCOc1cc(C)ccc1[N+](=O)[O-])C(=O)O. The number of carboxylic acids is 1. The third kappa shape index (κ3) is 4.42. The monoisotopic (exact) mass is 296 g/mol. The minimum absolute atomic E-state index is 0.0695. The number of hydrogen-bond acceptors (Lipinski definition) is 5. The van der Waals surface area contributed by atoms with E-state index in [-0.39, 0.29) is 24.5 Å². The molecule has 0 saturated carbocycles. The number of carboxylic acid groups (broad SMARTS) is 1. The van der Waals surface area contributed by atoms with E-state index in [1.165, 1.54) is 6.07 Å². The van der Waals surface area contributed by atoms with Crippen molar-refractivity contribution < 1.29 is 19.6 Å². The van der Waals surface area contributed by atoms with Gasteiger partial charge in [0.05, 0.1) is 11.5 Å². The summed E-state index contributed by atoms with van der Waals surface area (Å²) < 4.78 is 5.43. The highest BCUT2D eigenvalue weighted by Gasteiger charge is 2.32. The molecule has 0 fully saturated rings. The van der Waals surface area contributed by atoms with Crippen LogP contribution in [0.3, 0.4) is 0 Å². The van der Waals surface area contributed by atoms with Gasteiger partial charge in [-0.2, -0.15) is 0 Å². The minimum atomic E-state index is -1.12. The number of rotatable bonds is 8. The lowest BCUT2D eigenvalue weighted by Crippen LogP contribution is -2.50. The van der Waals surface area contributed by atoms with E-state index in [1.807, 2.05) is 6.92 Å². The van der Waals surface area contributed by atoms with Gasteiger partial charge in [-0.3, -0.25) is 14.9 Å². The zero-order valence-electron chi connectivity index (χ0n) is 12.4. The van der Waals surface area contributed by atoms with Crippen molar-refractivity contribution >= 4 is 11.7 Å². The Hall–Kier alpha value is -2.15. The molecule has 21 heavy (non-hydrogen) atoms. The van der Waals surface area contributed by atoms with Crippen LogP contribution in [0, 0.1) is 17.0 Å². The maximum Gasteiger partial charge on any atom is 0.323 e. The summed E-state index contributed by atoms with van der Waals surface area (Å²) in [5.74, 6) is -0.823. The van der Waals surface area contributed by atoms with Crippen LogP contribution in [-0.4, -0.2) is 34.7 Å². The highest BCUT2D eigenvalue weighted by molar-refractivity contribution is 5.78. The van der Waals surface area contributed by atoms with Gasteiger partial charge >= 0.3 is 11.7 Å². The van der Waals surface area contributed by atoms with E-state index >= 15 is 0 Å². The first-order valence-corrected chi connectivity index (χ1v) is 6.66. The third-order valence-corrected chi connectivity index (χ3v) is 3.21. The summed E-state index contributed by atoms with van der Waals surface area (Å²) in [6, 6.07) is 4.58. The van der Waals surface area contributed by atoms with Crippen LogP contribution in [0.1, 0.15) is 25.8 Å². The molecule has 1 atom stereocenters. The Morgan fingerprint density at radius 3 is 2.71 bits per heavy atom. The first-order valence-electron chi connectivity index (χ1n) is 6.66. The van der Waals surface area contributed by atoms with E-state index < -0.39 is 16.4 Å². The fraction of sp³-hybridized carbons (Fsp3) is 0.500. The fourth-order valence-corrected chi connectivity index (χ4v) is 1.91. The number of benzene rings is 1. The van der Waals surface area contributed by atoms with Gasteiger partial charge in [0.2, 0.25) is 0 Å². The van der Waals surface area contributed by atoms with Crippen LogP contribution in [0.2, 0.25) is 0 Å². The normalized spacial score (nSPS) is 13.5. The topological polar surface area (TPSA) is 102 Å². The Labute approximate surface area is 123 Å². The summed E-state index contributed by atoms with van der Waals surface area (Å²) in [6.45, 7) is 5.75. The predicted octanol–water partition coefficient (Wildman–Crippen LogP) is 2.12. The van der Waals surface area contributed by atoms with Crippen molar-refractivity contribution in [3.8, 4) is 5.75 Å². The summed E-state index contributed by atoms with van der Waals surface area (Å²) in [4.78, 5) is 21.7. The van der Waals surface area contributed by atoms with E-state index in [9.17, 15) is 20.0 Å². The lowest BCUT2D eigenvalue weighted by molar-refractivity contribution is -0.385. The second-order valence-electron chi connectivity index (χ2n) is 4.99. The van der Waals surface area contributed by atoms with E-state index in [4.69, 9.17) is 4.74 Å². The van der Waals surface area contributed by atoms with Crippen LogP contribution >= 0.6 is 0 Å². The van der Waals surface area contributed by atoms with Gasteiger partial charge < -0.3 is 15.2 Å². The molecule has 0 heterocycles. The molecule has 2 N–H and O–H groups in total. The van der Waals surface area contributed by atoms with Crippen molar-refractivity contribution in [1.82, 2.24) is 5.32 Å². The van der Waals surface area contributed by atoms with Crippen molar-refractivity contribution in [3.05, 3.63) is 33.9 Å². The fourth-order valence-electron chi connectivity index (χ4n) is 1.91. The smallest absolute Gasteiger partial charge is 0.323 e. The molecule has 1 rings (SSSR count). The van der Waals surface area contributed by atoms with Crippen molar-refractivity contribution in [1.29, 1.82) is 0 Å². The summed E-state index contributed by atoms with van der Waals surface area (Å²) in [7, 11) is 0. The van der Waals surface area contributed by atoms with Crippen LogP contribution in [0.4, 0.5) is 5.69 Å². The lowest BCUT2D eigenvalue weighted by Gasteiger charge is -2.25. The zero-order chi connectivity index (χ0) is 16.0. The zero-order valence-corrected chi connectivity index (χ0v) is 12.4. The van der Waals surface area contributed by atoms with Crippen LogP contribution < -0.4 is 10.1 Å². The summed E-state index contributed by atoms with van der Waals surface area (Å²) in [5.41, 5.74) is -0.405. The maximum absolute atomic E-state index is 11.3. The summed E-state index contributed by atoms with van der Waals surface area (Å²) in [6.07, 6.45) is 0.196. The number of nitro groups is 1. The van der Waals surface area contributed by atoms with Crippen LogP contribution in [0.5, 0.6) is 5.75 Å². The minimum Gasteiger partial charge on any atom is -0.487 e. The van der Waals surface area contributed by atoms with Crippen molar-refractivity contribution in [2.24, 2.45) is 0 Å². The van der Waals surface area contributed by atoms with E-state index in [0.29, 0.717) is 6.54 Å². The number of nitrogens with one attached hydrogen (secondary N) is 1. The molecule has 0 aliphatic carbocycles. The predicted molar refractivity (Wildman–Crippen MR) is 77.7 cm³/mol. The largest absolute Gasteiger partial charge is 0.487 e. The number of nitrogens with zero attached hydrogens (tertiary/aromatic N) is 1. The molecule has 0 radical (unpaired) electrons. The van der Waals surface area contributed by atoms with Gasteiger partial charge in [-0.1, -0.05) is 13.0 Å². The van der Waals surface area contributed by atoms with Gasteiger partial charge in [0, 0.05) is 12.5 Å². The molecule has 116 valence electrons. The molecule has 7 nitrogen and oxygen atoms in total. The van der Waals surface area contributed by atoms with Crippen molar-refractivity contribution in [2.75, 3.05) is 13.2 Å². The molecule has 1 aromatic carbocycles. The molecule has 0 spiro atoms. The number of nitro benzene ring substituents is 1. The molecule has 0 aliphatic rings. The van der Waals surface area contributed by atoms with Gasteiger partial charge in [0.15, 0.2) is 5.75 Å². The van der Waals surface area contributed by atoms with E-state index in [0.717, 1.165) is 5.56 Å². The Morgan fingerprint density at radius 1 is 1.52 bits per heavy atom. The van der Waals surface area contributed by atoms with E-state index in [2.05, 4.69) is 5.32 Å². The Morgan fingerprint density at radius 2 is 2.19 bits per heavy atom. The molecule has 0 amide bonds. The Kier molecular flexibility index (Phi) is 5.66. The van der Waals surface area contributed by atoms with Gasteiger partial charge in [-0.25, -0.2) is 0 Å². The van der Waals surface area contributed by atoms with Crippen LogP contribution in [0.25, 0.3) is 0 Å². The molecule has 1 aromatic rings. The standard InChI is InChI=1S/C14H20N2O5/c1-4-15-14(3,13(17)18)7-8-21-12-9-10(2)5-6-11(12)16(19)20/h5-6,9,15H,4,7-8H2,1-3H3,(H,17,18). The first-order chi connectivity index (χ1) is 9.80. The third-order valence-electron chi connectivity index (χ3n) is 3.21. The number of likely N-dealkylation sites (N-methyl/N-ethyl adjacent to an activating group) is 1. The average molecular weight is 296 g/mol. The molecular formula is C14H20N2O5. The highest BCUT2D eigenvalue weighted by atomic mass is 16.6. The van der Waals surface area contributed by atoms with Gasteiger partial charge in [0.25, 0.3) is 0 Å². The van der Waals surface area contributed by atoms with Gasteiger partial charge in [0.1, 0.15) is 5.54 Å². The summed E-state index contributed by atoms with van der Waals surface area (Å²) in [5, 5.41) is 23.0. The number of ether oxygens (including phenoxy) is 1. The number of aliphatic carboxylic acids is 1. The summed E-state index contributed by atoms with van der Waals surface area (Å²) >= 11 is 0. The second kappa shape index (κ2) is 7.03. The molecule has 0 aromatic heterocycles. The van der Waals surface area contributed by atoms with Crippen molar-refractivity contribution in [3.63, 3.8) is 0 Å². The Bertz CT molecular complexity index is 532. The quantitative estimate of drug-likeness (QED) is 0.563. The van der Waals surface area contributed by atoms with Gasteiger partial charge in [-0.05, 0) is 32.0 Å². The molecule has 7 heteroatoms. The second-order valence-corrected chi connectivity index (χ2v) is 4.99. The number of hydrogen-bond donors (Lipinski definition) is 2. The molecular weight excluding hydrogens is 276 g/mol. The highest BCUT2D eigenvalue weighted by Crippen LogP contribution is 2.28. The lowest BCUT2D eigenvalue weighted by atomic mass is 9.98. The number of aryl methyl sites for hydroxylation is 1.